The standard InChI is InChI=1S/C10H11F2NO2/c1-6(5-14)13-10(15)7-2-3-8(11)9(12)4-7/h2-4,6,14H,5H2,1H3,(H,13,15). The van der Waals surface area contributed by atoms with Crippen LogP contribution in [-0.2, 0) is 0 Å². The first-order valence-corrected chi connectivity index (χ1v) is 4.41. The normalized spacial score (nSPS) is 12.3. The molecule has 1 unspecified atom stereocenters. The van der Waals surface area contributed by atoms with Crippen LogP contribution in [0.3, 0.4) is 0 Å². The van der Waals surface area contributed by atoms with Gasteiger partial charge in [-0.25, -0.2) is 8.78 Å². The molecule has 0 spiro atoms. The number of benzene rings is 1. The van der Waals surface area contributed by atoms with Gasteiger partial charge in [0.05, 0.1) is 6.61 Å². The maximum atomic E-state index is 12.8. The lowest BCUT2D eigenvalue weighted by atomic mass is 10.2. The van der Waals surface area contributed by atoms with E-state index in [9.17, 15) is 13.6 Å². The number of amides is 1. The van der Waals surface area contributed by atoms with Crippen molar-refractivity contribution in [3.8, 4) is 0 Å². The average molecular weight is 215 g/mol. The van der Waals surface area contributed by atoms with Crippen LogP contribution in [0.25, 0.3) is 0 Å². The summed E-state index contributed by atoms with van der Waals surface area (Å²) >= 11 is 0. The molecule has 1 atom stereocenters. The topological polar surface area (TPSA) is 49.3 Å². The molecule has 5 heteroatoms. The van der Waals surface area contributed by atoms with Crippen LogP contribution in [0.15, 0.2) is 18.2 Å². The molecule has 2 N–H and O–H groups in total. The van der Waals surface area contributed by atoms with Gasteiger partial charge in [0, 0.05) is 11.6 Å². The van der Waals surface area contributed by atoms with Crippen molar-refractivity contribution >= 4 is 5.91 Å². The molecule has 0 fully saturated rings. The van der Waals surface area contributed by atoms with E-state index >= 15 is 0 Å². The molecule has 0 heterocycles. The Morgan fingerprint density at radius 2 is 2.13 bits per heavy atom. The molecule has 1 aromatic rings. The van der Waals surface area contributed by atoms with Crippen LogP contribution in [0.4, 0.5) is 8.78 Å². The van der Waals surface area contributed by atoms with Gasteiger partial charge in [-0.3, -0.25) is 4.79 Å². The fraction of sp³-hybridized carbons (Fsp3) is 0.300. The molecule has 0 saturated heterocycles. The molecular formula is C10H11F2NO2. The zero-order chi connectivity index (χ0) is 11.4. The molecule has 15 heavy (non-hydrogen) atoms. The van der Waals surface area contributed by atoms with Gasteiger partial charge in [0.1, 0.15) is 0 Å². The molecule has 0 radical (unpaired) electrons. The molecule has 0 aromatic heterocycles. The van der Waals surface area contributed by atoms with Crippen LogP contribution in [0.1, 0.15) is 17.3 Å². The second-order valence-corrected chi connectivity index (χ2v) is 3.19. The molecule has 0 aliphatic carbocycles. The van der Waals surface area contributed by atoms with Crippen LogP contribution < -0.4 is 5.32 Å². The van der Waals surface area contributed by atoms with Crippen molar-refractivity contribution in [2.45, 2.75) is 13.0 Å². The van der Waals surface area contributed by atoms with Crippen molar-refractivity contribution in [1.29, 1.82) is 0 Å². The molecule has 1 aromatic carbocycles. The summed E-state index contributed by atoms with van der Waals surface area (Å²) in [6.45, 7) is 1.38. The molecular weight excluding hydrogens is 204 g/mol. The van der Waals surface area contributed by atoms with E-state index in [1.807, 2.05) is 0 Å². The predicted molar refractivity (Wildman–Crippen MR) is 50.4 cm³/mol. The highest BCUT2D eigenvalue weighted by Crippen LogP contribution is 2.08. The third-order valence-electron chi connectivity index (χ3n) is 1.83. The van der Waals surface area contributed by atoms with E-state index in [-0.39, 0.29) is 12.2 Å². The molecule has 0 aliphatic heterocycles. The average Bonchev–Trinajstić information content (AvgIpc) is 2.21. The first kappa shape index (κ1) is 11.6. The van der Waals surface area contributed by atoms with Crippen LogP contribution in [-0.4, -0.2) is 23.7 Å². The number of rotatable bonds is 3. The van der Waals surface area contributed by atoms with E-state index in [0.29, 0.717) is 0 Å². The van der Waals surface area contributed by atoms with Gasteiger partial charge in [-0.1, -0.05) is 0 Å². The summed E-state index contributed by atoms with van der Waals surface area (Å²) in [6.07, 6.45) is 0. The maximum Gasteiger partial charge on any atom is 0.251 e. The van der Waals surface area contributed by atoms with Crippen molar-refractivity contribution in [2.75, 3.05) is 6.61 Å². The third kappa shape index (κ3) is 2.99. The van der Waals surface area contributed by atoms with E-state index in [4.69, 9.17) is 5.11 Å². The first-order valence-electron chi connectivity index (χ1n) is 4.41. The van der Waals surface area contributed by atoms with Gasteiger partial charge in [-0.05, 0) is 25.1 Å². The smallest absolute Gasteiger partial charge is 0.251 e. The van der Waals surface area contributed by atoms with Gasteiger partial charge in [0.25, 0.3) is 5.91 Å². The van der Waals surface area contributed by atoms with E-state index in [0.717, 1.165) is 12.1 Å². The zero-order valence-electron chi connectivity index (χ0n) is 8.13. The number of hydrogen-bond acceptors (Lipinski definition) is 2. The molecule has 0 aliphatic rings. The highest BCUT2D eigenvalue weighted by molar-refractivity contribution is 5.94. The largest absolute Gasteiger partial charge is 0.394 e. The van der Waals surface area contributed by atoms with E-state index in [2.05, 4.69) is 5.32 Å². The van der Waals surface area contributed by atoms with Gasteiger partial charge in [0.15, 0.2) is 11.6 Å². The Morgan fingerprint density at radius 1 is 1.47 bits per heavy atom. The first-order chi connectivity index (χ1) is 7.04. The van der Waals surface area contributed by atoms with Crippen molar-refractivity contribution < 1.29 is 18.7 Å². The van der Waals surface area contributed by atoms with Crippen molar-refractivity contribution in [1.82, 2.24) is 5.32 Å². The number of halogens is 2. The summed E-state index contributed by atoms with van der Waals surface area (Å²) in [5.74, 6) is -2.61. The SMILES string of the molecule is CC(CO)NC(=O)c1ccc(F)c(F)c1. The summed E-state index contributed by atoms with van der Waals surface area (Å²) < 4.78 is 25.3. The minimum Gasteiger partial charge on any atom is -0.394 e. The van der Waals surface area contributed by atoms with E-state index in [1.165, 1.54) is 6.07 Å². The van der Waals surface area contributed by atoms with Crippen molar-refractivity contribution in [3.05, 3.63) is 35.4 Å². The van der Waals surface area contributed by atoms with Crippen molar-refractivity contribution in [3.63, 3.8) is 0 Å². The lowest BCUT2D eigenvalue weighted by Crippen LogP contribution is -2.35. The Bertz CT molecular complexity index is 368. The van der Waals surface area contributed by atoms with Gasteiger partial charge < -0.3 is 10.4 Å². The highest BCUT2D eigenvalue weighted by Gasteiger charge is 2.11. The molecule has 1 amide bonds. The minimum absolute atomic E-state index is 0.0224. The Hall–Kier alpha value is -1.49. The Kier molecular flexibility index (Phi) is 3.74. The van der Waals surface area contributed by atoms with Crippen LogP contribution in [0.2, 0.25) is 0 Å². The van der Waals surface area contributed by atoms with Gasteiger partial charge >= 0.3 is 0 Å². The number of aliphatic hydroxyl groups is 1. The summed E-state index contributed by atoms with van der Waals surface area (Å²) in [5.41, 5.74) is 0.0224. The molecule has 3 nitrogen and oxygen atoms in total. The van der Waals surface area contributed by atoms with E-state index < -0.39 is 23.6 Å². The van der Waals surface area contributed by atoms with Gasteiger partial charge in [0.2, 0.25) is 0 Å². The van der Waals surface area contributed by atoms with Crippen LogP contribution in [0, 0.1) is 11.6 Å². The Morgan fingerprint density at radius 3 is 2.67 bits per heavy atom. The zero-order valence-corrected chi connectivity index (χ0v) is 8.13. The lowest BCUT2D eigenvalue weighted by molar-refractivity contribution is 0.0921. The minimum atomic E-state index is -1.07. The van der Waals surface area contributed by atoms with Crippen LogP contribution >= 0.6 is 0 Å². The second-order valence-electron chi connectivity index (χ2n) is 3.19. The Balaban J connectivity index is 2.78. The van der Waals surface area contributed by atoms with Gasteiger partial charge in [-0.2, -0.15) is 0 Å². The highest BCUT2D eigenvalue weighted by atomic mass is 19.2. The maximum absolute atomic E-state index is 12.8. The number of aliphatic hydroxyl groups excluding tert-OH is 1. The summed E-state index contributed by atoms with van der Waals surface area (Å²) in [7, 11) is 0. The molecule has 1 rings (SSSR count). The molecule has 0 bridgehead atoms. The molecule has 0 saturated carbocycles. The predicted octanol–water partition coefficient (Wildman–Crippen LogP) is 1.08. The van der Waals surface area contributed by atoms with Crippen LogP contribution in [0.5, 0.6) is 0 Å². The number of nitrogens with one attached hydrogen (secondary N) is 1. The monoisotopic (exact) mass is 215 g/mol. The van der Waals surface area contributed by atoms with Crippen molar-refractivity contribution in [2.24, 2.45) is 0 Å². The fourth-order valence-corrected chi connectivity index (χ4v) is 0.990. The van der Waals surface area contributed by atoms with E-state index in [1.54, 1.807) is 6.92 Å². The summed E-state index contributed by atoms with van der Waals surface area (Å²) in [4.78, 5) is 11.4. The Labute approximate surface area is 85.7 Å². The quantitative estimate of drug-likeness (QED) is 0.792. The summed E-state index contributed by atoms with van der Waals surface area (Å²) in [5, 5.41) is 11.1. The number of carbonyl (C=O) groups is 1. The number of carbonyl (C=O) groups excluding carboxylic acids is 1. The fourth-order valence-electron chi connectivity index (χ4n) is 0.990. The third-order valence-corrected chi connectivity index (χ3v) is 1.83. The lowest BCUT2D eigenvalue weighted by Gasteiger charge is -2.10. The van der Waals surface area contributed by atoms with Gasteiger partial charge in [-0.15, -0.1) is 0 Å². The molecule has 82 valence electrons. The second kappa shape index (κ2) is 4.84. The summed E-state index contributed by atoms with van der Waals surface area (Å²) in [6, 6.07) is 2.45. The number of hydrogen-bond donors (Lipinski definition) is 2.